The van der Waals surface area contributed by atoms with Crippen molar-refractivity contribution in [2.75, 3.05) is 11.9 Å². The molecule has 0 fully saturated rings. The number of benzene rings is 1. The molecular weight excluding hydrogens is 244 g/mol. The number of nitrogens with two attached hydrogens (primary N) is 1. The Balaban J connectivity index is 3.28. The molecule has 19 heavy (non-hydrogen) atoms. The van der Waals surface area contributed by atoms with Crippen molar-refractivity contribution in [2.45, 2.75) is 32.2 Å². The molecule has 0 aromatic heterocycles. The summed E-state index contributed by atoms with van der Waals surface area (Å²) in [4.78, 5) is 10.6. The summed E-state index contributed by atoms with van der Waals surface area (Å²) in [5.41, 5.74) is 5.59. The molecule has 0 aliphatic rings. The van der Waals surface area contributed by atoms with E-state index < -0.39 is 10.5 Å². The lowest BCUT2D eigenvalue weighted by Crippen LogP contribution is -2.44. The van der Waals surface area contributed by atoms with Gasteiger partial charge in [0.15, 0.2) is 0 Å². The van der Waals surface area contributed by atoms with Crippen LogP contribution in [0.3, 0.4) is 0 Å². The van der Waals surface area contributed by atoms with Gasteiger partial charge in [-0.15, -0.1) is 0 Å². The number of anilines is 1. The first-order chi connectivity index (χ1) is 9.03. The molecule has 0 spiro atoms. The summed E-state index contributed by atoms with van der Waals surface area (Å²) in [5, 5.41) is 23.2. The second kappa shape index (κ2) is 6.16. The number of para-hydroxylation sites is 1. The highest BCUT2D eigenvalue weighted by atomic mass is 16.6. The highest BCUT2D eigenvalue weighted by molar-refractivity contribution is 5.69. The summed E-state index contributed by atoms with van der Waals surface area (Å²) < 4.78 is 0. The highest BCUT2D eigenvalue weighted by Gasteiger charge is 2.28. The quantitative estimate of drug-likeness (QED) is 0.605. The lowest BCUT2D eigenvalue weighted by molar-refractivity contribution is -0.384. The maximum absolute atomic E-state index is 11.1. The van der Waals surface area contributed by atoms with Crippen molar-refractivity contribution < 1.29 is 4.92 Å². The molecule has 0 atom stereocenters. The van der Waals surface area contributed by atoms with E-state index in [9.17, 15) is 10.1 Å². The first-order valence-electron chi connectivity index (χ1n) is 6.19. The van der Waals surface area contributed by atoms with Crippen LogP contribution in [0, 0.1) is 21.4 Å². The summed E-state index contributed by atoms with van der Waals surface area (Å²) in [6, 6.07) is 6.51. The van der Waals surface area contributed by atoms with Gasteiger partial charge < -0.3 is 11.1 Å². The number of nitriles is 1. The van der Waals surface area contributed by atoms with Crippen molar-refractivity contribution in [2.24, 2.45) is 5.73 Å². The molecule has 0 saturated heterocycles. The van der Waals surface area contributed by atoms with Crippen molar-refractivity contribution >= 4 is 11.4 Å². The van der Waals surface area contributed by atoms with Crippen LogP contribution < -0.4 is 11.1 Å². The van der Waals surface area contributed by atoms with E-state index in [2.05, 4.69) is 5.32 Å². The van der Waals surface area contributed by atoms with E-state index in [0.29, 0.717) is 12.2 Å². The molecule has 0 radical (unpaired) electrons. The molecule has 6 heteroatoms. The fourth-order valence-corrected chi connectivity index (χ4v) is 1.98. The summed E-state index contributed by atoms with van der Waals surface area (Å²) in [6.45, 7) is 4.32. The summed E-state index contributed by atoms with van der Waals surface area (Å²) in [6.07, 6.45) is 1.49. The van der Waals surface area contributed by atoms with E-state index in [1.165, 1.54) is 6.07 Å². The first kappa shape index (κ1) is 14.9. The Labute approximate surface area is 112 Å². The van der Waals surface area contributed by atoms with Crippen molar-refractivity contribution in [3.05, 3.63) is 33.9 Å². The zero-order valence-corrected chi connectivity index (χ0v) is 11.1. The first-order valence-corrected chi connectivity index (χ1v) is 6.19. The summed E-state index contributed by atoms with van der Waals surface area (Å²) in [7, 11) is 0. The number of hydrogen-bond acceptors (Lipinski definition) is 5. The Morgan fingerprint density at radius 2 is 2.11 bits per heavy atom. The second-order valence-electron chi connectivity index (χ2n) is 4.39. The van der Waals surface area contributed by atoms with Gasteiger partial charge in [-0.3, -0.25) is 10.1 Å². The Bertz CT molecular complexity index is 496. The average molecular weight is 262 g/mol. The van der Waals surface area contributed by atoms with Crippen molar-refractivity contribution in [1.82, 2.24) is 0 Å². The molecule has 0 bridgehead atoms. The zero-order chi connectivity index (χ0) is 14.5. The smallest absolute Gasteiger partial charge is 0.309 e. The predicted molar refractivity (Wildman–Crippen MR) is 73.8 cm³/mol. The summed E-state index contributed by atoms with van der Waals surface area (Å²) >= 11 is 0. The van der Waals surface area contributed by atoms with E-state index in [-0.39, 0.29) is 11.3 Å². The van der Waals surface area contributed by atoms with Gasteiger partial charge in [0.05, 0.1) is 4.92 Å². The van der Waals surface area contributed by atoms with Crippen LogP contribution >= 0.6 is 0 Å². The molecular formula is C13H18N4O2. The molecule has 0 unspecified atom stereocenters. The minimum atomic E-state index is -0.534. The van der Waals surface area contributed by atoms with E-state index >= 15 is 0 Å². The van der Waals surface area contributed by atoms with Gasteiger partial charge in [0.1, 0.15) is 17.3 Å². The van der Waals surface area contributed by atoms with Crippen LogP contribution in [-0.4, -0.2) is 17.0 Å². The van der Waals surface area contributed by atoms with Gasteiger partial charge in [0.25, 0.3) is 0 Å². The molecule has 102 valence electrons. The summed E-state index contributed by atoms with van der Waals surface area (Å²) in [5.74, 6) is 0. The number of nitro benzene ring substituents is 1. The molecule has 3 N–H and O–H groups in total. The Kier molecular flexibility index (Phi) is 4.84. The third-order valence-corrected chi connectivity index (χ3v) is 3.48. The van der Waals surface area contributed by atoms with Gasteiger partial charge in [0.2, 0.25) is 0 Å². The van der Waals surface area contributed by atoms with Crippen LogP contribution in [0.5, 0.6) is 0 Å². The topological polar surface area (TPSA) is 105 Å². The standard InChI is InChI=1S/C13H18N4O2/c1-3-13(4-2,9-15)16-11-7-5-6-10(8-14)12(11)17(18)19/h5-7,16H,3-4,9,15H2,1-2H3. The van der Waals surface area contributed by atoms with E-state index in [0.717, 1.165) is 12.8 Å². The van der Waals surface area contributed by atoms with Crippen molar-refractivity contribution in [3.8, 4) is 6.07 Å². The number of nitro groups is 1. The van der Waals surface area contributed by atoms with Crippen LogP contribution in [0.4, 0.5) is 11.4 Å². The van der Waals surface area contributed by atoms with E-state index in [4.69, 9.17) is 11.0 Å². The maximum atomic E-state index is 11.1. The van der Waals surface area contributed by atoms with Crippen LogP contribution in [0.15, 0.2) is 18.2 Å². The highest BCUT2D eigenvalue weighted by Crippen LogP contribution is 2.32. The van der Waals surface area contributed by atoms with Crippen molar-refractivity contribution in [1.29, 1.82) is 5.26 Å². The average Bonchev–Trinajstić information content (AvgIpc) is 2.44. The number of nitrogens with one attached hydrogen (secondary N) is 1. The predicted octanol–water partition coefficient (Wildman–Crippen LogP) is 2.40. The van der Waals surface area contributed by atoms with Gasteiger partial charge in [-0.05, 0) is 25.0 Å². The molecule has 0 heterocycles. The Morgan fingerprint density at radius 3 is 2.53 bits per heavy atom. The molecule has 0 amide bonds. The molecule has 6 nitrogen and oxygen atoms in total. The second-order valence-corrected chi connectivity index (χ2v) is 4.39. The number of rotatable bonds is 6. The van der Waals surface area contributed by atoms with Crippen LogP contribution in [0.2, 0.25) is 0 Å². The minimum Gasteiger partial charge on any atom is -0.373 e. The molecule has 1 aromatic carbocycles. The van der Waals surface area contributed by atoms with Gasteiger partial charge >= 0.3 is 5.69 Å². The Hall–Kier alpha value is -2.13. The third-order valence-electron chi connectivity index (χ3n) is 3.48. The minimum absolute atomic E-state index is 0.0492. The molecule has 0 saturated carbocycles. The van der Waals surface area contributed by atoms with E-state index in [1.807, 2.05) is 19.9 Å². The van der Waals surface area contributed by atoms with E-state index in [1.54, 1.807) is 12.1 Å². The monoisotopic (exact) mass is 262 g/mol. The van der Waals surface area contributed by atoms with Crippen LogP contribution in [0.25, 0.3) is 0 Å². The maximum Gasteiger partial charge on any atom is 0.309 e. The van der Waals surface area contributed by atoms with Crippen LogP contribution in [-0.2, 0) is 0 Å². The van der Waals surface area contributed by atoms with Gasteiger partial charge in [-0.2, -0.15) is 5.26 Å². The van der Waals surface area contributed by atoms with Crippen molar-refractivity contribution in [3.63, 3.8) is 0 Å². The van der Waals surface area contributed by atoms with Crippen LogP contribution in [0.1, 0.15) is 32.3 Å². The van der Waals surface area contributed by atoms with Gasteiger partial charge in [-0.1, -0.05) is 19.9 Å². The Morgan fingerprint density at radius 1 is 1.47 bits per heavy atom. The van der Waals surface area contributed by atoms with Gasteiger partial charge in [0, 0.05) is 12.1 Å². The largest absolute Gasteiger partial charge is 0.373 e. The molecule has 0 aliphatic heterocycles. The number of hydrogen-bond donors (Lipinski definition) is 2. The zero-order valence-electron chi connectivity index (χ0n) is 11.1. The number of nitrogens with zero attached hydrogens (tertiary/aromatic N) is 2. The molecule has 1 aromatic rings. The van der Waals surface area contributed by atoms with Gasteiger partial charge in [-0.25, -0.2) is 0 Å². The molecule has 0 aliphatic carbocycles. The normalized spacial score (nSPS) is 10.8. The third kappa shape index (κ3) is 3.01. The SMILES string of the molecule is CCC(CC)(CN)Nc1cccc(C#N)c1[N+](=O)[O-]. The fraction of sp³-hybridized carbons (Fsp3) is 0.462. The lowest BCUT2D eigenvalue weighted by atomic mass is 9.92. The fourth-order valence-electron chi connectivity index (χ4n) is 1.98. The molecule has 1 rings (SSSR count). The lowest BCUT2D eigenvalue weighted by Gasteiger charge is -2.32.